The number of carbonyl (C=O) groups excluding carboxylic acids is 9. The zero-order chi connectivity index (χ0) is 149. The van der Waals surface area contributed by atoms with E-state index in [9.17, 15) is 43.2 Å². The molecule has 9 fully saturated rings. The van der Waals surface area contributed by atoms with Gasteiger partial charge in [0, 0.05) is 263 Å². The van der Waals surface area contributed by atoms with Crippen LogP contribution in [0.3, 0.4) is 0 Å². The summed E-state index contributed by atoms with van der Waals surface area (Å²) in [5.41, 5.74) is 1.44. The van der Waals surface area contributed by atoms with Crippen LogP contribution in [0.25, 0.3) is 0 Å². The van der Waals surface area contributed by atoms with Gasteiger partial charge in [-0.05, 0) is 163 Å². The minimum absolute atomic E-state index is 0.0106. The van der Waals surface area contributed by atoms with Crippen LogP contribution in [0.4, 0.5) is 0 Å². The number of nitrogens with zero attached hydrogens (tertiary/aromatic N) is 18. The Morgan fingerprint density at radius 2 is 0.606 bits per heavy atom. The van der Waals surface area contributed by atoms with Crippen molar-refractivity contribution in [3.05, 3.63) is 161 Å². The largest absolute Gasteiger partial charge is 0.465 e. The van der Waals surface area contributed by atoms with Gasteiger partial charge in [-0.3, -0.25) is 43.2 Å². The van der Waals surface area contributed by atoms with Crippen LogP contribution in [0, 0.1) is 142 Å². The van der Waals surface area contributed by atoms with Crippen LogP contribution in [0.2, 0.25) is 0 Å². The predicted molar refractivity (Wildman–Crippen MR) is 532 cm³/mol. The minimum atomic E-state index is -3.08. The Morgan fingerprint density at radius 3 is 0.880 bits per heavy atom. The van der Waals surface area contributed by atoms with Gasteiger partial charge in [0.1, 0.15) is 34.9 Å². The first-order valence-corrected chi connectivity index (χ1v) is 45.4. The van der Waals surface area contributed by atoms with Crippen LogP contribution >= 0.6 is 0 Å². The van der Waals surface area contributed by atoms with Crippen molar-refractivity contribution in [3.63, 3.8) is 0 Å². The Morgan fingerprint density at radius 1 is 0.324 bits per heavy atom. The van der Waals surface area contributed by atoms with Crippen molar-refractivity contribution < 1.29 is 156 Å². The SMILES string of the molecule is [2H]C([2H])(C)c1cncn1C.[2H]C([2H])(c1cncn1C)[C@H]1COC(=O)[C@@]1([2H])C([2H])([2H])C.[2H]C([2H])(c1cncn1C)[C@H]1COC(=O)[C@H]1CC.[2H][C@]1(CC)CCOC1=O.[2H]c1nc(C)n(C([2H])([2H])[2H])c1C[C@@]1([2H])C([2H])([2H])OC(=O)[C@@]1([2H])C([2H])([2H])C.[2H]c1nc(C)n(C([2H])([2H])[2H])c1C[C@@]1([2H])C([2H])([2H])OC(=O)[C@@]1([2H])CC.[2H]c1nc(C)n(C([2H])([2H])[2H])c1C[C@]1([2H])[C@H](CC)C(=O)OC1([2H])[2H].[2H]c1nc(C)n(C)c1C[C@@]1([2H])C([2H])([2H])OC(=O)[C@@]1([2H])C([2H])([2H])C.[2H]c1nc(C)n(C)c1C[C@@]1([2H])C([2H])([2H])OC(=O)[C@@]1([2H])CC.[2H]c1nc(C)n(C)c1C[C@]1([2H])[C@H](CC)C(=O)OC1([2H])[2H]. The summed E-state index contributed by atoms with van der Waals surface area (Å²) in [5.74, 6) is -37.7. The van der Waals surface area contributed by atoms with Gasteiger partial charge in [-0.15, -0.1) is 0 Å². The third-order valence-corrected chi connectivity index (χ3v) is 23.5. The molecule has 0 aromatic carbocycles. The minimum Gasteiger partial charge on any atom is -0.465 e. The molecule has 142 heavy (non-hydrogen) atoms. The van der Waals surface area contributed by atoms with Crippen LogP contribution in [0.15, 0.2) is 74.6 Å². The molecule has 9 aliphatic rings. The molecular formula is C106H160N18O18. The van der Waals surface area contributed by atoms with Gasteiger partial charge in [0.15, 0.2) is 0 Å². The summed E-state index contributed by atoms with van der Waals surface area (Å²) < 4.78 is 457. The molecule has 0 saturated carbocycles. The second-order valence-corrected chi connectivity index (χ2v) is 32.5. The van der Waals surface area contributed by atoms with E-state index in [4.69, 9.17) is 84.1 Å². The fourth-order valence-corrected chi connectivity index (χ4v) is 14.5. The number of hydrogen-bond donors (Lipinski definition) is 0. The number of aryl methyl sites for hydroxylation is 10. The molecule has 9 saturated heterocycles. The highest BCUT2D eigenvalue weighted by Gasteiger charge is 2.43. The first-order valence-electron chi connectivity index (χ1n) is 70.9. The number of hydrogen-bond acceptors (Lipinski definition) is 27. The number of ether oxygens (including phenoxy) is 9. The van der Waals surface area contributed by atoms with E-state index in [1.165, 1.54) is 62.5 Å². The highest BCUT2D eigenvalue weighted by atomic mass is 16.6. The average molecular weight is 2030 g/mol. The lowest BCUT2D eigenvalue weighted by Crippen LogP contribution is -2.18. The summed E-state index contributed by atoms with van der Waals surface area (Å²) in [4.78, 5) is 140. The monoisotopic (exact) mass is 2020 g/mol. The van der Waals surface area contributed by atoms with Crippen molar-refractivity contribution in [2.24, 2.45) is 164 Å². The lowest BCUT2D eigenvalue weighted by atomic mass is 9.89. The van der Waals surface area contributed by atoms with E-state index < -0.39 is 278 Å². The van der Waals surface area contributed by atoms with Gasteiger partial charge in [-0.25, -0.2) is 44.9 Å². The third-order valence-electron chi connectivity index (χ3n) is 23.5. The van der Waals surface area contributed by atoms with Crippen molar-refractivity contribution in [3.8, 4) is 0 Å². The second-order valence-electron chi connectivity index (χ2n) is 32.5. The van der Waals surface area contributed by atoms with Gasteiger partial charge in [0.05, 0.1) is 156 Å². The van der Waals surface area contributed by atoms with Gasteiger partial charge in [0.2, 0.25) is 0 Å². The molecule has 0 unspecified atom stereocenters. The first kappa shape index (κ1) is 60.7. The van der Waals surface area contributed by atoms with Crippen molar-refractivity contribution in [2.75, 3.05) is 59.2 Å². The molecule has 9 aromatic rings. The highest BCUT2D eigenvalue weighted by molar-refractivity contribution is 5.78. The fraction of sp³-hybridized carbons (Fsp3) is 0.660. The van der Waals surface area contributed by atoms with Crippen LogP contribution in [-0.4, -0.2) is 199 Å². The summed E-state index contributed by atoms with van der Waals surface area (Å²) in [5, 5.41) is 0. The van der Waals surface area contributed by atoms with E-state index in [-0.39, 0.29) is 128 Å². The lowest BCUT2D eigenvalue weighted by molar-refractivity contribution is -0.142. The number of carbonyl (C=O) groups is 9. The Labute approximate surface area is 910 Å². The first-order chi connectivity index (χ1) is 87.0. The Hall–Kier alpha value is -11.9. The molecular weight excluding hydrogens is 1810 g/mol. The van der Waals surface area contributed by atoms with Gasteiger partial charge in [-0.2, -0.15) is 0 Å². The molecule has 0 bridgehead atoms. The zero-order valence-corrected chi connectivity index (χ0v) is 83.6. The molecule has 782 valence electrons. The van der Waals surface area contributed by atoms with Crippen molar-refractivity contribution in [1.82, 2.24) is 86.0 Å². The molecule has 36 nitrogen and oxygen atoms in total. The number of imidazole rings is 9. The summed E-state index contributed by atoms with van der Waals surface area (Å²) in [6, 6.07) is 0. The predicted octanol–water partition coefficient (Wildman–Crippen LogP) is 13.1. The second kappa shape index (κ2) is 55.1. The third kappa shape index (κ3) is 30.1. The molecule has 0 amide bonds. The lowest BCUT2D eigenvalue weighted by Gasteiger charge is -2.13. The number of esters is 9. The number of cyclic esters (lactones) is 9. The molecule has 36 heteroatoms. The molecule has 9 aliphatic heterocycles. The fourth-order valence-electron chi connectivity index (χ4n) is 14.5. The molecule has 0 spiro atoms. The van der Waals surface area contributed by atoms with Crippen molar-refractivity contribution >= 4 is 53.7 Å². The Kier molecular flexibility index (Phi) is 23.5. The summed E-state index contributed by atoms with van der Waals surface area (Å²) in [7, 11) is 10.1. The summed E-state index contributed by atoms with van der Waals surface area (Å²) >= 11 is 0. The number of aromatic nitrogens is 18. The molecule has 0 radical (unpaired) electrons. The van der Waals surface area contributed by atoms with Crippen LogP contribution in [0.5, 0.6) is 0 Å². The molecule has 0 aliphatic carbocycles. The summed E-state index contributed by atoms with van der Waals surface area (Å²) in [6.07, 6.45) is -6.07. The quantitative estimate of drug-likeness (QED) is 0.0359. The van der Waals surface area contributed by atoms with E-state index in [1.807, 2.05) is 13.8 Å². The van der Waals surface area contributed by atoms with E-state index in [1.54, 1.807) is 121 Å². The van der Waals surface area contributed by atoms with Gasteiger partial charge in [0.25, 0.3) is 0 Å². The highest BCUT2D eigenvalue weighted by Crippen LogP contribution is 2.36. The maximum absolute atomic E-state index is 12.1. The molecule has 18 rings (SSSR count). The number of rotatable bonds is 26. The maximum Gasteiger partial charge on any atom is 0.309 e. The van der Waals surface area contributed by atoms with Gasteiger partial charge < -0.3 is 83.7 Å². The van der Waals surface area contributed by atoms with Crippen LogP contribution in [0.1, 0.15) is 289 Å². The summed E-state index contributed by atoms with van der Waals surface area (Å²) in [6.45, 7) is -0.496. The van der Waals surface area contributed by atoms with E-state index >= 15 is 0 Å². The molecule has 0 N–H and O–H groups in total. The van der Waals surface area contributed by atoms with E-state index in [0.29, 0.717) is 77.1 Å². The topological polar surface area (TPSA) is 397 Å². The Bertz CT molecular complexity index is 8250. The van der Waals surface area contributed by atoms with Crippen LogP contribution in [-0.2, 0) is 207 Å². The normalized spacial score (nSPS) is 38.8. The van der Waals surface area contributed by atoms with E-state index in [2.05, 4.69) is 73.3 Å². The molecule has 9 aromatic heterocycles. The Balaban J connectivity index is 0.000000235. The average Bonchev–Trinajstić information content (AvgIpc) is 1.54. The van der Waals surface area contributed by atoms with Crippen LogP contribution < -0.4 is 0 Å². The maximum atomic E-state index is 12.1. The zero-order valence-electron chi connectivity index (χ0n) is 135. The van der Waals surface area contributed by atoms with Gasteiger partial charge in [-0.1, -0.05) is 69.2 Å². The van der Waals surface area contributed by atoms with Crippen molar-refractivity contribution in [1.29, 1.82) is 0 Å². The van der Waals surface area contributed by atoms with Gasteiger partial charge >= 0.3 is 53.7 Å². The molecule has 17 atom stereocenters. The van der Waals surface area contributed by atoms with Crippen molar-refractivity contribution in [2.45, 2.75) is 232 Å². The smallest absolute Gasteiger partial charge is 0.309 e. The molecule has 18 heterocycles. The van der Waals surface area contributed by atoms with E-state index in [0.717, 1.165) is 29.9 Å². The standard InChI is InChI=1S/6C12H18N2O2.2C11H16N2O2.C6H10N2.C6H10O2/c6*1-4-11-9(7-16-12(11)15)5-10-6-13-8(2)14(10)3;2*1-3-10-8(6-15-11(10)14)4-9-5-12-7-13(9)2;1-3-6-4-7-5-8(6)2;1-2-5-3-4-8-6(5)7/h6*6,9,11H,4-5,7H2,1-3H3;2*5,7-8,10H,3-4,6H2,1-2H3;4-5H,3H2,1-2H3;5H,2-4H2,1H3/t6*9-,11-;2*8-,10-;;5-/m00000000.0/s1/i3D3,4D2,6D,7D2,9D,11D;4D2,6D,7D2,9D,11D;3D3,6D,7D2,9D,11D;6D,7D2,9D,11D;3D3,6D,7D2,9D;6D,7D2,9D;3D2,4D2,10D;4D2;3D2;5D.